The molecule has 15 heavy (non-hydrogen) atoms. The van der Waals surface area contributed by atoms with Crippen LogP contribution in [0.15, 0.2) is 0 Å². The number of ether oxygens (including phenoxy) is 2. The molecule has 0 saturated carbocycles. The molecule has 0 heterocycles. The molecule has 0 aromatic heterocycles. The molecular formula is C11H25NO3. The molecule has 92 valence electrons. The van der Waals surface area contributed by atoms with Gasteiger partial charge >= 0.3 is 0 Å². The van der Waals surface area contributed by atoms with Crippen LogP contribution in [0, 0.1) is 5.92 Å². The third kappa shape index (κ3) is 10.1. The summed E-state index contributed by atoms with van der Waals surface area (Å²) < 4.78 is 10.3. The number of aliphatic hydroxyl groups excluding tert-OH is 1. The molecule has 0 aliphatic carbocycles. The second-order valence-electron chi connectivity index (χ2n) is 4.02. The Morgan fingerprint density at radius 2 is 1.80 bits per heavy atom. The molecule has 4 heteroatoms. The zero-order chi connectivity index (χ0) is 11.5. The van der Waals surface area contributed by atoms with Crippen LogP contribution in [-0.4, -0.2) is 63.2 Å². The molecule has 0 radical (unpaired) electrons. The van der Waals surface area contributed by atoms with Gasteiger partial charge in [0.25, 0.3) is 0 Å². The second kappa shape index (κ2) is 10.4. The van der Waals surface area contributed by atoms with Gasteiger partial charge < -0.3 is 14.6 Å². The van der Waals surface area contributed by atoms with Crippen LogP contribution >= 0.6 is 0 Å². The minimum atomic E-state index is 0.0995. The zero-order valence-corrected chi connectivity index (χ0v) is 10.2. The number of methoxy groups -OCH3 is 1. The van der Waals surface area contributed by atoms with E-state index in [0.29, 0.717) is 19.1 Å². The average molecular weight is 219 g/mol. The minimum absolute atomic E-state index is 0.0995. The van der Waals surface area contributed by atoms with Gasteiger partial charge in [0.15, 0.2) is 0 Å². The van der Waals surface area contributed by atoms with Crippen LogP contribution < -0.4 is 0 Å². The Hall–Kier alpha value is -0.160. The molecule has 0 spiro atoms. The standard InChI is InChI=1S/C11H25NO3/c1-11(2)10-12(4-7-14-3)5-8-15-9-6-13/h11,13H,4-10H2,1-3H3. The lowest BCUT2D eigenvalue weighted by Crippen LogP contribution is -2.34. The van der Waals surface area contributed by atoms with E-state index in [2.05, 4.69) is 18.7 Å². The van der Waals surface area contributed by atoms with E-state index < -0.39 is 0 Å². The highest BCUT2D eigenvalue weighted by Gasteiger charge is 2.06. The number of hydrogen-bond acceptors (Lipinski definition) is 4. The Morgan fingerprint density at radius 3 is 2.33 bits per heavy atom. The van der Waals surface area contributed by atoms with E-state index in [1.165, 1.54) is 0 Å². The van der Waals surface area contributed by atoms with Gasteiger partial charge in [0, 0.05) is 26.7 Å². The van der Waals surface area contributed by atoms with Crippen molar-refractivity contribution in [2.75, 3.05) is 53.2 Å². The third-order valence-corrected chi connectivity index (χ3v) is 2.02. The molecule has 4 nitrogen and oxygen atoms in total. The van der Waals surface area contributed by atoms with Crippen molar-refractivity contribution in [2.24, 2.45) is 5.92 Å². The van der Waals surface area contributed by atoms with Crippen LogP contribution in [0.5, 0.6) is 0 Å². The summed E-state index contributed by atoms with van der Waals surface area (Å²) in [7, 11) is 1.72. The summed E-state index contributed by atoms with van der Waals surface area (Å²) in [6.07, 6.45) is 0. The predicted molar refractivity (Wildman–Crippen MR) is 61.1 cm³/mol. The molecule has 0 rings (SSSR count). The van der Waals surface area contributed by atoms with Crippen molar-refractivity contribution < 1.29 is 14.6 Å². The molecule has 0 aromatic carbocycles. The Balaban J connectivity index is 3.59. The van der Waals surface area contributed by atoms with E-state index in [1.54, 1.807) is 7.11 Å². The summed E-state index contributed by atoms with van der Waals surface area (Å²) in [4.78, 5) is 2.32. The first kappa shape index (κ1) is 14.8. The van der Waals surface area contributed by atoms with E-state index in [1.807, 2.05) is 0 Å². The van der Waals surface area contributed by atoms with E-state index >= 15 is 0 Å². The molecule has 0 aromatic rings. The van der Waals surface area contributed by atoms with Gasteiger partial charge in [-0.2, -0.15) is 0 Å². The van der Waals surface area contributed by atoms with Gasteiger partial charge in [-0.25, -0.2) is 0 Å². The molecule has 0 saturated heterocycles. The molecule has 0 aliphatic rings. The normalized spacial score (nSPS) is 11.6. The SMILES string of the molecule is COCCN(CCOCCO)CC(C)C. The number of rotatable bonds is 10. The van der Waals surface area contributed by atoms with Crippen molar-refractivity contribution in [1.29, 1.82) is 0 Å². The summed E-state index contributed by atoms with van der Waals surface area (Å²) in [6, 6.07) is 0. The molecule has 0 fully saturated rings. The van der Waals surface area contributed by atoms with Crippen molar-refractivity contribution in [3.63, 3.8) is 0 Å². The van der Waals surface area contributed by atoms with Crippen molar-refractivity contribution in [1.82, 2.24) is 4.90 Å². The summed E-state index contributed by atoms with van der Waals surface area (Å²) in [5.74, 6) is 0.652. The van der Waals surface area contributed by atoms with Crippen LogP contribution in [-0.2, 0) is 9.47 Å². The van der Waals surface area contributed by atoms with Crippen molar-refractivity contribution in [2.45, 2.75) is 13.8 Å². The average Bonchev–Trinajstić information content (AvgIpc) is 2.19. The molecule has 0 aliphatic heterocycles. The number of nitrogens with zero attached hydrogens (tertiary/aromatic N) is 1. The maximum absolute atomic E-state index is 8.56. The van der Waals surface area contributed by atoms with Gasteiger partial charge in [-0.1, -0.05) is 13.8 Å². The van der Waals surface area contributed by atoms with Gasteiger partial charge in [0.2, 0.25) is 0 Å². The third-order valence-electron chi connectivity index (χ3n) is 2.02. The molecule has 0 unspecified atom stereocenters. The molecule has 0 amide bonds. The molecule has 1 N–H and O–H groups in total. The van der Waals surface area contributed by atoms with Gasteiger partial charge in [-0.3, -0.25) is 4.90 Å². The summed E-state index contributed by atoms with van der Waals surface area (Å²) >= 11 is 0. The quantitative estimate of drug-likeness (QED) is 0.546. The van der Waals surface area contributed by atoms with Crippen LogP contribution in [0.4, 0.5) is 0 Å². The van der Waals surface area contributed by atoms with Gasteiger partial charge in [-0.05, 0) is 5.92 Å². The number of aliphatic hydroxyl groups is 1. The smallest absolute Gasteiger partial charge is 0.0698 e. The second-order valence-corrected chi connectivity index (χ2v) is 4.02. The Labute approximate surface area is 93.2 Å². The topological polar surface area (TPSA) is 41.9 Å². The maximum atomic E-state index is 8.56. The Kier molecular flexibility index (Phi) is 10.3. The zero-order valence-electron chi connectivity index (χ0n) is 10.2. The van der Waals surface area contributed by atoms with Gasteiger partial charge in [0.05, 0.1) is 26.4 Å². The van der Waals surface area contributed by atoms with E-state index in [0.717, 1.165) is 26.2 Å². The van der Waals surface area contributed by atoms with E-state index in [9.17, 15) is 0 Å². The largest absolute Gasteiger partial charge is 0.394 e. The summed E-state index contributed by atoms with van der Waals surface area (Å²) in [6.45, 7) is 9.28. The highest BCUT2D eigenvalue weighted by Crippen LogP contribution is 1.98. The fraction of sp³-hybridized carbons (Fsp3) is 1.00. The van der Waals surface area contributed by atoms with Gasteiger partial charge in [0.1, 0.15) is 0 Å². The first-order valence-electron chi connectivity index (χ1n) is 5.60. The summed E-state index contributed by atoms with van der Waals surface area (Å²) in [5, 5.41) is 8.56. The fourth-order valence-corrected chi connectivity index (χ4v) is 1.39. The monoisotopic (exact) mass is 219 g/mol. The van der Waals surface area contributed by atoms with Crippen LogP contribution in [0.2, 0.25) is 0 Å². The Morgan fingerprint density at radius 1 is 1.13 bits per heavy atom. The van der Waals surface area contributed by atoms with Crippen LogP contribution in [0.1, 0.15) is 13.8 Å². The van der Waals surface area contributed by atoms with E-state index in [-0.39, 0.29) is 6.61 Å². The van der Waals surface area contributed by atoms with Crippen LogP contribution in [0.25, 0.3) is 0 Å². The number of hydrogen-bond donors (Lipinski definition) is 1. The highest BCUT2D eigenvalue weighted by atomic mass is 16.5. The predicted octanol–water partition coefficient (Wildman–Crippen LogP) is 0.600. The highest BCUT2D eigenvalue weighted by molar-refractivity contribution is 4.59. The van der Waals surface area contributed by atoms with Crippen molar-refractivity contribution in [3.05, 3.63) is 0 Å². The molecular weight excluding hydrogens is 194 g/mol. The minimum Gasteiger partial charge on any atom is -0.394 e. The fourth-order valence-electron chi connectivity index (χ4n) is 1.39. The van der Waals surface area contributed by atoms with Crippen molar-refractivity contribution in [3.8, 4) is 0 Å². The van der Waals surface area contributed by atoms with Gasteiger partial charge in [-0.15, -0.1) is 0 Å². The van der Waals surface area contributed by atoms with Crippen LogP contribution in [0.3, 0.4) is 0 Å². The maximum Gasteiger partial charge on any atom is 0.0698 e. The first-order chi connectivity index (χ1) is 7.20. The lowest BCUT2D eigenvalue weighted by molar-refractivity contribution is 0.0628. The Bertz CT molecular complexity index is 131. The van der Waals surface area contributed by atoms with Crippen molar-refractivity contribution >= 4 is 0 Å². The summed E-state index contributed by atoms with van der Waals surface area (Å²) in [5.41, 5.74) is 0. The lowest BCUT2D eigenvalue weighted by Gasteiger charge is -2.23. The molecule has 0 atom stereocenters. The lowest BCUT2D eigenvalue weighted by atomic mass is 10.2. The molecule has 0 bridgehead atoms. The van der Waals surface area contributed by atoms with E-state index in [4.69, 9.17) is 14.6 Å². The first-order valence-corrected chi connectivity index (χ1v) is 5.60.